The molecule has 3 aliphatic rings. The summed E-state index contributed by atoms with van der Waals surface area (Å²) in [5.74, 6) is 0.918. The van der Waals surface area contributed by atoms with Crippen molar-refractivity contribution in [2.45, 2.75) is 56.5 Å². The van der Waals surface area contributed by atoms with E-state index in [1.165, 1.54) is 0 Å². The summed E-state index contributed by atoms with van der Waals surface area (Å²) in [5.41, 5.74) is 0.993. The smallest absolute Gasteiger partial charge is 0.237 e. The fourth-order valence-corrected chi connectivity index (χ4v) is 4.01. The number of carbonyl (C=O) groups is 1. The number of hydrogen-bond donors (Lipinski definition) is 1. The van der Waals surface area contributed by atoms with Crippen molar-refractivity contribution in [2.24, 2.45) is 0 Å². The summed E-state index contributed by atoms with van der Waals surface area (Å²) >= 11 is 6.38. The first-order valence-corrected chi connectivity index (χ1v) is 9.03. The fraction of sp³-hybridized carbons (Fsp3) is 0.611. The van der Waals surface area contributed by atoms with E-state index in [1.54, 1.807) is 7.11 Å². The minimum absolute atomic E-state index is 0.134. The van der Waals surface area contributed by atoms with E-state index < -0.39 is 0 Å². The topological polar surface area (TPSA) is 50.8 Å². The van der Waals surface area contributed by atoms with Gasteiger partial charge in [0.15, 0.2) is 0 Å². The van der Waals surface area contributed by atoms with E-state index in [0.29, 0.717) is 23.7 Å². The molecule has 1 aromatic rings. The quantitative estimate of drug-likeness (QED) is 0.885. The van der Waals surface area contributed by atoms with Gasteiger partial charge in [-0.3, -0.25) is 9.69 Å². The first kappa shape index (κ1) is 16.2. The van der Waals surface area contributed by atoms with Crippen molar-refractivity contribution in [3.05, 3.63) is 28.8 Å². The summed E-state index contributed by atoms with van der Waals surface area (Å²) in [7, 11) is 1.65. The molecule has 1 N–H and O–H groups in total. The Kier molecular flexibility index (Phi) is 4.41. The van der Waals surface area contributed by atoms with Crippen LogP contribution in [0.2, 0.25) is 5.02 Å². The highest BCUT2D eigenvalue weighted by molar-refractivity contribution is 6.31. The van der Waals surface area contributed by atoms with Crippen molar-refractivity contribution in [1.29, 1.82) is 0 Å². The molecule has 3 atom stereocenters. The fourth-order valence-electron chi connectivity index (χ4n) is 3.83. The minimum atomic E-state index is -0.136. The molecular weight excluding hydrogens is 328 g/mol. The Morgan fingerprint density at radius 3 is 3.00 bits per heavy atom. The zero-order chi connectivity index (χ0) is 16.7. The van der Waals surface area contributed by atoms with Crippen LogP contribution in [0.15, 0.2) is 18.2 Å². The molecule has 4 rings (SSSR count). The Morgan fingerprint density at radius 2 is 2.25 bits per heavy atom. The first-order valence-electron chi connectivity index (χ1n) is 8.66. The normalized spacial score (nSPS) is 29.5. The number of benzene rings is 1. The van der Waals surface area contributed by atoms with E-state index in [0.717, 1.165) is 43.6 Å². The molecular formula is C18H23ClN2O3. The van der Waals surface area contributed by atoms with Crippen LogP contribution < -0.4 is 10.1 Å². The highest BCUT2D eigenvalue weighted by atomic mass is 35.5. The lowest BCUT2D eigenvalue weighted by molar-refractivity contribution is -0.126. The van der Waals surface area contributed by atoms with Gasteiger partial charge in [0, 0.05) is 30.3 Å². The van der Waals surface area contributed by atoms with Crippen LogP contribution in [0, 0.1) is 0 Å². The van der Waals surface area contributed by atoms with E-state index in [9.17, 15) is 4.79 Å². The van der Waals surface area contributed by atoms with Crippen LogP contribution >= 0.6 is 11.6 Å². The largest absolute Gasteiger partial charge is 0.497 e. The van der Waals surface area contributed by atoms with Gasteiger partial charge in [0.25, 0.3) is 0 Å². The number of amides is 1. The van der Waals surface area contributed by atoms with Gasteiger partial charge in [-0.2, -0.15) is 0 Å². The molecule has 5 nitrogen and oxygen atoms in total. The standard InChI is InChI=1S/C18H23ClN2O3/c1-23-13-4-5-14(19)11(8-13)10-21-15-6-7-24-17(15)9-16(21)18(22)20-12-2-3-12/h4-5,8,12,15-17H,2-3,6-7,9-10H2,1H3,(H,20,22)/t15-,16-,17-/m0/s1. The molecule has 3 fully saturated rings. The average molecular weight is 351 g/mol. The highest BCUT2D eigenvalue weighted by Gasteiger charge is 2.48. The lowest BCUT2D eigenvalue weighted by Crippen LogP contribution is -2.46. The van der Waals surface area contributed by atoms with Crippen LogP contribution in [0.4, 0.5) is 0 Å². The number of ether oxygens (including phenoxy) is 2. The second-order valence-electron chi connectivity index (χ2n) is 6.93. The molecule has 0 radical (unpaired) electrons. The lowest BCUT2D eigenvalue weighted by atomic mass is 10.1. The van der Waals surface area contributed by atoms with Crippen molar-refractivity contribution in [1.82, 2.24) is 10.2 Å². The van der Waals surface area contributed by atoms with Crippen LogP contribution in [0.1, 0.15) is 31.2 Å². The predicted molar refractivity (Wildman–Crippen MR) is 91.3 cm³/mol. The third kappa shape index (κ3) is 3.13. The number of halogens is 1. The molecule has 2 aliphatic heterocycles. The second kappa shape index (κ2) is 6.54. The van der Waals surface area contributed by atoms with E-state index in [-0.39, 0.29) is 18.1 Å². The second-order valence-corrected chi connectivity index (χ2v) is 7.34. The van der Waals surface area contributed by atoms with Crippen LogP contribution in [-0.4, -0.2) is 48.8 Å². The Hall–Kier alpha value is -1.30. The maximum absolute atomic E-state index is 12.7. The molecule has 0 bridgehead atoms. The van der Waals surface area contributed by atoms with Crippen LogP contribution in [0.25, 0.3) is 0 Å². The number of nitrogens with zero attached hydrogens (tertiary/aromatic N) is 1. The third-order valence-electron chi connectivity index (χ3n) is 5.29. The highest BCUT2D eigenvalue weighted by Crippen LogP contribution is 2.36. The molecule has 2 saturated heterocycles. The number of likely N-dealkylation sites (tertiary alicyclic amines) is 1. The Labute approximate surface area is 147 Å². The zero-order valence-corrected chi connectivity index (χ0v) is 14.6. The first-order chi connectivity index (χ1) is 11.7. The molecule has 1 amide bonds. The summed E-state index contributed by atoms with van der Waals surface area (Å²) < 4.78 is 11.2. The summed E-state index contributed by atoms with van der Waals surface area (Å²) in [6.07, 6.45) is 4.10. The molecule has 0 unspecified atom stereocenters. The number of carbonyl (C=O) groups excluding carboxylic acids is 1. The van der Waals surface area contributed by atoms with Gasteiger partial charge in [-0.1, -0.05) is 11.6 Å². The van der Waals surface area contributed by atoms with E-state index >= 15 is 0 Å². The molecule has 0 spiro atoms. The van der Waals surface area contributed by atoms with Crippen LogP contribution in [0.3, 0.4) is 0 Å². The van der Waals surface area contributed by atoms with E-state index in [2.05, 4.69) is 10.2 Å². The summed E-state index contributed by atoms with van der Waals surface area (Å²) in [4.78, 5) is 14.9. The number of nitrogens with one attached hydrogen (secondary N) is 1. The Bertz CT molecular complexity index is 635. The molecule has 0 aromatic heterocycles. The molecule has 2 heterocycles. The predicted octanol–water partition coefficient (Wildman–Crippen LogP) is 2.36. The number of methoxy groups -OCH3 is 1. The van der Waals surface area contributed by atoms with Crippen molar-refractivity contribution in [2.75, 3.05) is 13.7 Å². The van der Waals surface area contributed by atoms with Crippen molar-refractivity contribution in [3.8, 4) is 5.75 Å². The van der Waals surface area contributed by atoms with E-state index in [1.807, 2.05) is 18.2 Å². The lowest BCUT2D eigenvalue weighted by Gasteiger charge is -2.28. The van der Waals surface area contributed by atoms with Gasteiger partial charge in [0.05, 0.1) is 19.3 Å². The van der Waals surface area contributed by atoms with Crippen molar-refractivity contribution < 1.29 is 14.3 Å². The van der Waals surface area contributed by atoms with Gasteiger partial charge >= 0.3 is 0 Å². The number of fused-ring (bicyclic) bond motifs is 1. The van der Waals surface area contributed by atoms with Gasteiger partial charge in [-0.05, 0) is 49.4 Å². The molecule has 1 aromatic carbocycles. The van der Waals surface area contributed by atoms with Gasteiger partial charge in [-0.25, -0.2) is 0 Å². The Morgan fingerprint density at radius 1 is 1.42 bits per heavy atom. The molecule has 6 heteroatoms. The average Bonchev–Trinajstić information content (AvgIpc) is 3.15. The van der Waals surface area contributed by atoms with Crippen molar-refractivity contribution >= 4 is 17.5 Å². The maximum Gasteiger partial charge on any atom is 0.237 e. The summed E-state index contributed by atoms with van der Waals surface area (Å²) in [6, 6.07) is 6.20. The number of hydrogen-bond acceptors (Lipinski definition) is 4. The van der Waals surface area contributed by atoms with Crippen molar-refractivity contribution in [3.63, 3.8) is 0 Å². The van der Waals surface area contributed by atoms with Gasteiger partial charge in [0.1, 0.15) is 5.75 Å². The summed E-state index contributed by atoms with van der Waals surface area (Å²) in [5, 5.41) is 3.85. The van der Waals surface area contributed by atoms with Crippen LogP contribution in [-0.2, 0) is 16.1 Å². The van der Waals surface area contributed by atoms with Gasteiger partial charge < -0.3 is 14.8 Å². The molecule has 130 valence electrons. The SMILES string of the molecule is COc1ccc(Cl)c(CN2[C@H](C(=O)NC3CC3)C[C@@H]3OCC[C@@H]32)c1. The van der Waals surface area contributed by atoms with Gasteiger partial charge in [0.2, 0.25) is 5.91 Å². The molecule has 1 saturated carbocycles. The summed E-state index contributed by atoms with van der Waals surface area (Å²) in [6.45, 7) is 1.41. The third-order valence-corrected chi connectivity index (χ3v) is 5.66. The monoisotopic (exact) mass is 350 g/mol. The van der Waals surface area contributed by atoms with E-state index in [4.69, 9.17) is 21.1 Å². The molecule has 24 heavy (non-hydrogen) atoms. The number of rotatable bonds is 5. The zero-order valence-electron chi connectivity index (χ0n) is 13.8. The molecule has 1 aliphatic carbocycles. The van der Waals surface area contributed by atoms with Gasteiger partial charge in [-0.15, -0.1) is 0 Å². The Balaban J connectivity index is 1.56. The maximum atomic E-state index is 12.7. The van der Waals surface area contributed by atoms with Crippen LogP contribution in [0.5, 0.6) is 5.75 Å². The minimum Gasteiger partial charge on any atom is -0.497 e.